The van der Waals surface area contributed by atoms with E-state index in [9.17, 15) is 4.79 Å². The van der Waals surface area contributed by atoms with Crippen LogP contribution in [-0.2, 0) is 9.53 Å². The zero-order chi connectivity index (χ0) is 22.8. The number of esters is 1. The van der Waals surface area contributed by atoms with Crippen LogP contribution >= 0.6 is 0 Å². The Morgan fingerprint density at radius 2 is 0.903 bits per heavy atom. The Morgan fingerprint density at radius 3 is 1.29 bits per heavy atom. The summed E-state index contributed by atoms with van der Waals surface area (Å²) in [4.78, 5) is 11.8. The van der Waals surface area contributed by atoms with Gasteiger partial charge in [0.25, 0.3) is 0 Å². The van der Waals surface area contributed by atoms with E-state index in [0.29, 0.717) is 18.9 Å². The van der Waals surface area contributed by atoms with Crippen LogP contribution in [0.2, 0.25) is 0 Å². The lowest BCUT2D eigenvalue weighted by molar-refractivity contribution is -0.145. The number of carbonyl (C=O) groups is 1. The summed E-state index contributed by atoms with van der Waals surface area (Å²) < 4.78 is 5.40. The molecule has 186 valence electrons. The predicted octanol–water partition coefficient (Wildman–Crippen LogP) is 10.2. The molecule has 0 rings (SSSR count). The smallest absolute Gasteiger partial charge is 0.305 e. The van der Waals surface area contributed by atoms with Crippen LogP contribution in [0.25, 0.3) is 0 Å². The first-order chi connectivity index (χ1) is 15.2. The summed E-state index contributed by atoms with van der Waals surface area (Å²) in [5.74, 6) is 0.518. The van der Waals surface area contributed by atoms with E-state index >= 15 is 0 Å². The third-order valence-corrected chi connectivity index (χ3v) is 6.56. The Kier molecular flexibility index (Phi) is 25.3. The van der Waals surface area contributed by atoms with Gasteiger partial charge in [-0.3, -0.25) is 4.79 Å². The summed E-state index contributed by atoms with van der Waals surface area (Å²) >= 11 is 0. The monoisotopic (exact) mass is 438 g/mol. The first-order valence-corrected chi connectivity index (χ1v) is 14.4. The second-order valence-corrected chi connectivity index (χ2v) is 10.0. The second kappa shape index (κ2) is 25.7. The van der Waals surface area contributed by atoms with Crippen molar-refractivity contribution in [3.8, 4) is 0 Å². The summed E-state index contributed by atoms with van der Waals surface area (Å²) in [6.07, 6.45) is 30.5. The lowest BCUT2D eigenvalue weighted by Gasteiger charge is -2.11. The maximum atomic E-state index is 11.8. The molecule has 0 N–H and O–H groups in total. The van der Waals surface area contributed by atoms with Crippen LogP contribution in [0.5, 0.6) is 0 Å². The van der Waals surface area contributed by atoms with Gasteiger partial charge in [-0.2, -0.15) is 0 Å². The molecule has 0 radical (unpaired) electrons. The van der Waals surface area contributed by atoms with E-state index in [0.717, 1.165) is 6.42 Å². The normalized spacial score (nSPS) is 12.2. The highest BCUT2D eigenvalue weighted by atomic mass is 16.5. The highest BCUT2D eigenvalue weighted by molar-refractivity contribution is 5.69. The number of ether oxygens (including phenoxy) is 1. The van der Waals surface area contributed by atoms with E-state index in [2.05, 4.69) is 20.8 Å². The minimum atomic E-state index is 0.00956. The van der Waals surface area contributed by atoms with Crippen molar-refractivity contribution in [2.75, 3.05) is 6.61 Å². The molecule has 1 unspecified atom stereocenters. The van der Waals surface area contributed by atoms with Gasteiger partial charge < -0.3 is 4.74 Å². The van der Waals surface area contributed by atoms with Crippen LogP contribution in [0, 0.1) is 5.92 Å². The molecule has 0 aromatic rings. The van der Waals surface area contributed by atoms with Crippen LogP contribution in [0.4, 0.5) is 0 Å². The Morgan fingerprint density at radius 1 is 0.548 bits per heavy atom. The third-order valence-electron chi connectivity index (χ3n) is 6.56. The van der Waals surface area contributed by atoms with Crippen molar-refractivity contribution in [1.82, 2.24) is 0 Å². The molecular weight excluding hydrogens is 380 g/mol. The van der Waals surface area contributed by atoms with Crippen LogP contribution in [0.15, 0.2) is 0 Å². The van der Waals surface area contributed by atoms with E-state index in [-0.39, 0.29) is 5.97 Å². The molecule has 0 aromatic carbocycles. The predicted molar refractivity (Wildman–Crippen MR) is 138 cm³/mol. The molecule has 31 heavy (non-hydrogen) atoms. The van der Waals surface area contributed by atoms with Crippen molar-refractivity contribution < 1.29 is 9.53 Å². The standard InChI is InChI=1S/C29H58O2/c1-4-6-8-9-10-11-12-13-14-15-16-17-18-19-20-21-22-23-24-26-29(30)31-27-28(3)25-7-5-2/h28H,4-27H2,1-3H3. The molecule has 2 nitrogen and oxygen atoms in total. The number of unbranched alkanes of at least 4 members (excludes halogenated alkanes) is 19. The largest absolute Gasteiger partial charge is 0.465 e. The molecule has 2 heteroatoms. The Hall–Kier alpha value is -0.530. The molecule has 0 heterocycles. The molecule has 0 fully saturated rings. The minimum Gasteiger partial charge on any atom is -0.465 e. The van der Waals surface area contributed by atoms with Gasteiger partial charge in [0.2, 0.25) is 0 Å². The zero-order valence-electron chi connectivity index (χ0n) is 21.9. The molecular formula is C29H58O2. The number of hydrogen-bond acceptors (Lipinski definition) is 2. The lowest BCUT2D eigenvalue weighted by atomic mass is 10.0. The first kappa shape index (κ1) is 30.5. The molecule has 0 aliphatic rings. The maximum absolute atomic E-state index is 11.8. The number of hydrogen-bond donors (Lipinski definition) is 0. The Labute approximate surface area is 196 Å². The van der Waals surface area contributed by atoms with Gasteiger partial charge in [0.1, 0.15) is 0 Å². The fourth-order valence-corrected chi connectivity index (χ4v) is 4.29. The topological polar surface area (TPSA) is 26.3 Å². The van der Waals surface area contributed by atoms with Gasteiger partial charge in [-0.05, 0) is 18.8 Å². The lowest BCUT2D eigenvalue weighted by Crippen LogP contribution is -2.11. The van der Waals surface area contributed by atoms with E-state index in [1.807, 2.05) is 0 Å². The van der Waals surface area contributed by atoms with E-state index < -0.39 is 0 Å². The Bertz CT molecular complexity index is 353. The molecule has 0 aliphatic heterocycles. The van der Waals surface area contributed by atoms with Gasteiger partial charge >= 0.3 is 5.97 Å². The van der Waals surface area contributed by atoms with Crippen LogP contribution in [0.3, 0.4) is 0 Å². The van der Waals surface area contributed by atoms with E-state index in [1.54, 1.807) is 0 Å². The van der Waals surface area contributed by atoms with Gasteiger partial charge in [0.15, 0.2) is 0 Å². The molecule has 0 saturated carbocycles. The molecule has 0 bridgehead atoms. The summed E-state index contributed by atoms with van der Waals surface area (Å²) in [6.45, 7) is 7.29. The molecule has 0 saturated heterocycles. The second-order valence-electron chi connectivity index (χ2n) is 10.0. The van der Waals surface area contributed by atoms with Crippen molar-refractivity contribution in [2.24, 2.45) is 5.92 Å². The molecule has 1 atom stereocenters. The van der Waals surface area contributed by atoms with Crippen molar-refractivity contribution >= 4 is 5.97 Å². The third kappa shape index (κ3) is 25.6. The van der Waals surface area contributed by atoms with Gasteiger partial charge in [-0.15, -0.1) is 0 Å². The summed E-state index contributed by atoms with van der Waals surface area (Å²) in [5.41, 5.74) is 0. The zero-order valence-corrected chi connectivity index (χ0v) is 21.9. The molecule has 0 amide bonds. The van der Waals surface area contributed by atoms with E-state index in [1.165, 1.54) is 135 Å². The number of rotatable bonds is 25. The first-order valence-electron chi connectivity index (χ1n) is 14.4. The Balaban J connectivity index is 3.16. The summed E-state index contributed by atoms with van der Waals surface area (Å²) in [7, 11) is 0. The molecule has 0 aliphatic carbocycles. The van der Waals surface area contributed by atoms with Crippen LogP contribution in [0.1, 0.15) is 168 Å². The SMILES string of the molecule is CCCCCCCCCCCCCCCCCCCCCC(=O)OCC(C)CCCC. The maximum Gasteiger partial charge on any atom is 0.305 e. The van der Waals surface area contributed by atoms with Gasteiger partial charge in [-0.1, -0.05) is 149 Å². The van der Waals surface area contributed by atoms with E-state index in [4.69, 9.17) is 4.74 Å². The highest BCUT2D eigenvalue weighted by Gasteiger charge is 2.07. The van der Waals surface area contributed by atoms with Crippen LogP contribution in [-0.4, -0.2) is 12.6 Å². The molecule has 0 spiro atoms. The fraction of sp³-hybridized carbons (Fsp3) is 0.966. The van der Waals surface area contributed by atoms with Crippen molar-refractivity contribution in [3.63, 3.8) is 0 Å². The highest BCUT2D eigenvalue weighted by Crippen LogP contribution is 2.15. The van der Waals surface area contributed by atoms with Crippen molar-refractivity contribution in [3.05, 3.63) is 0 Å². The quantitative estimate of drug-likeness (QED) is 0.105. The number of carbonyl (C=O) groups excluding carboxylic acids is 1. The van der Waals surface area contributed by atoms with Gasteiger partial charge in [0.05, 0.1) is 6.61 Å². The van der Waals surface area contributed by atoms with Gasteiger partial charge in [-0.25, -0.2) is 0 Å². The van der Waals surface area contributed by atoms with Crippen molar-refractivity contribution in [2.45, 2.75) is 168 Å². The average molecular weight is 439 g/mol. The van der Waals surface area contributed by atoms with Crippen molar-refractivity contribution in [1.29, 1.82) is 0 Å². The van der Waals surface area contributed by atoms with Gasteiger partial charge in [0, 0.05) is 6.42 Å². The summed E-state index contributed by atoms with van der Waals surface area (Å²) in [5, 5.41) is 0. The summed E-state index contributed by atoms with van der Waals surface area (Å²) in [6, 6.07) is 0. The fourth-order valence-electron chi connectivity index (χ4n) is 4.29. The van der Waals surface area contributed by atoms with Crippen LogP contribution < -0.4 is 0 Å². The molecule has 0 aromatic heterocycles. The average Bonchev–Trinajstić information content (AvgIpc) is 2.77. The minimum absolute atomic E-state index is 0.00956.